The van der Waals surface area contributed by atoms with Gasteiger partial charge >= 0.3 is 5.69 Å². The average molecular weight is 324 g/mol. The van der Waals surface area contributed by atoms with E-state index in [4.69, 9.17) is 11.6 Å². The van der Waals surface area contributed by atoms with Gasteiger partial charge in [-0.25, -0.2) is 23.1 Å². The number of anilines is 1. The Bertz CT molecular complexity index is 619. The van der Waals surface area contributed by atoms with Crippen molar-refractivity contribution in [1.82, 2.24) is 14.7 Å². The molecule has 1 aromatic heterocycles. The highest BCUT2D eigenvalue weighted by Gasteiger charge is 2.26. The molecule has 0 saturated carbocycles. The quantitative estimate of drug-likeness (QED) is 0.449. The summed E-state index contributed by atoms with van der Waals surface area (Å²) in [7, 11) is -3.40. The van der Waals surface area contributed by atoms with Crippen LogP contribution in [0.5, 0.6) is 0 Å². The molecular formula is C9H14ClN5O4S. The molecule has 0 bridgehead atoms. The van der Waals surface area contributed by atoms with Crippen molar-refractivity contribution in [1.29, 1.82) is 0 Å². The number of rotatable bonds is 6. The third-order valence-electron chi connectivity index (χ3n) is 2.12. The van der Waals surface area contributed by atoms with Gasteiger partial charge < -0.3 is 5.32 Å². The van der Waals surface area contributed by atoms with Crippen molar-refractivity contribution >= 4 is 33.1 Å². The molecule has 20 heavy (non-hydrogen) atoms. The molecule has 1 aromatic rings. The van der Waals surface area contributed by atoms with Crippen LogP contribution in [0, 0.1) is 10.1 Å². The van der Waals surface area contributed by atoms with E-state index in [0.717, 1.165) is 12.6 Å². The van der Waals surface area contributed by atoms with Gasteiger partial charge in [-0.05, 0) is 13.8 Å². The van der Waals surface area contributed by atoms with E-state index in [9.17, 15) is 18.5 Å². The van der Waals surface area contributed by atoms with Gasteiger partial charge in [-0.3, -0.25) is 10.1 Å². The Morgan fingerprint density at radius 3 is 2.55 bits per heavy atom. The van der Waals surface area contributed by atoms with E-state index >= 15 is 0 Å². The van der Waals surface area contributed by atoms with Crippen LogP contribution in [0.3, 0.4) is 0 Å². The fourth-order valence-corrected chi connectivity index (χ4v) is 2.77. The van der Waals surface area contributed by atoms with Crippen molar-refractivity contribution in [3.63, 3.8) is 0 Å². The second-order valence-corrected chi connectivity index (χ2v) is 6.84. The van der Waals surface area contributed by atoms with Crippen LogP contribution in [0.15, 0.2) is 6.33 Å². The molecule has 0 radical (unpaired) electrons. The van der Waals surface area contributed by atoms with Crippen molar-refractivity contribution in [3.05, 3.63) is 21.6 Å². The van der Waals surface area contributed by atoms with Crippen LogP contribution in [0.2, 0.25) is 5.15 Å². The van der Waals surface area contributed by atoms with Gasteiger partial charge in [0, 0.05) is 12.1 Å². The summed E-state index contributed by atoms with van der Waals surface area (Å²) in [4.78, 5) is 17.4. The molecule has 1 heterocycles. The zero-order chi connectivity index (χ0) is 15.6. The second-order valence-electron chi connectivity index (χ2n) is 4.73. The summed E-state index contributed by atoms with van der Waals surface area (Å²) in [6.07, 6.45) is 2.10. The van der Waals surface area contributed by atoms with E-state index in [2.05, 4.69) is 20.0 Å². The molecule has 11 heteroatoms. The first-order chi connectivity index (χ1) is 9.02. The highest BCUT2D eigenvalue weighted by atomic mass is 35.5. The van der Waals surface area contributed by atoms with Crippen LogP contribution in [0.4, 0.5) is 11.5 Å². The number of hydrogen-bond acceptors (Lipinski definition) is 7. The molecule has 2 N–H and O–H groups in total. The number of nitrogens with one attached hydrogen (secondary N) is 2. The molecular weight excluding hydrogens is 310 g/mol. The summed E-state index contributed by atoms with van der Waals surface area (Å²) in [6, 6.07) is 0. The lowest BCUT2D eigenvalue weighted by Crippen LogP contribution is -2.47. The summed E-state index contributed by atoms with van der Waals surface area (Å²) >= 11 is 5.64. The topological polar surface area (TPSA) is 127 Å². The molecule has 0 saturated heterocycles. The molecule has 0 fully saturated rings. The van der Waals surface area contributed by atoms with Gasteiger partial charge in [-0.15, -0.1) is 0 Å². The predicted molar refractivity (Wildman–Crippen MR) is 74.2 cm³/mol. The molecule has 1 rings (SSSR count). The Hall–Kier alpha value is -1.52. The summed E-state index contributed by atoms with van der Waals surface area (Å²) in [6.45, 7) is 3.32. The first-order valence-electron chi connectivity index (χ1n) is 5.39. The smallest absolute Gasteiger partial charge is 0.348 e. The minimum absolute atomic E-state index is 0.0709. The van der Waals surface area contributed by atoms with Crippen LogP contribution in [0.1, 0.15) is 13.8 Å². The van der Waals surface area contributed by atoms with E-state index in [1.54, 1.807) is 13.8 Å². The SMILES string of the molecule is CC(C)(CNc1ncnc(Cl)c1[N+](=O)[O-])NS(C)(=O)=O. The Labute approximate surface area is 121 Å². The molecule has 0 aliphatic carbocycles. The summed E-state index contributed by atoms with van der Waals surface area (Å²) in [5.41, 5.74) is -1.32. The van der Waals surface area contributed by atoms with Crippen LogP contribution in [-0.4, -0.2) is 41.6 Å². The largest absolute Gasteiger partial charge is 0.362 e. The molecule has 112 valence electrons. The van der Waals surface area contributed by atoms with Crippen LogP contribution in [0.25, 0.3) is 0 Å². The van der Waals surface area contributed by atoms with Crippen molar-refractivity contribution in [3.8, 4) is 0 Å². The molecule has 9 nitrogen and oxygen atoms in total. The minimum Gasteiger partial charge on any atom is -0.362 e. The minimum atomic E-state index is -3.40. The lowest BCUT2D eigenvalue weighted by atomic mass is 10.1. The number of sulfonamides is 1. The number of nitrogens with zero attached hydrogens (tertiary/aromatic N) is 3. The van der Waals surface area contributed by atoms with Crippen molar-refractivity contribution in [2.75, 3.05) is 18.1 Å². The van der Waals surface area contributed by atoms with Crippen LogP contribution < -0.4 is 10.0 Å². The summed E-state index contributed by atoms with van der Waals surface area (Å²) in [5, 5.41) is 13.3. The van der Waals surface area contributed by atoms with Gasteiger partial charge in [0.05, 0.1) is 11.2 Å². The Balaban J connectivity index is 2.91. The van der Waals surface area contributed by atoms with E-state index in [1.165, 1.54) is 0 Å². The standard InChI is InChI=1S/C9H14ClN5O4S/c1-9(2,14-20(3,18)19)4-11-8-6(15(16)17)7(10)12-5-13-8/h5,14H,4H2,1-3H3,(H,11,12,13). The summed E-state index contributed by atoms with van der Waals surface area (Å²) < 4.78 is 24.8. The maximum Gasteiger partial charge on any atom is 0.348 e. The lowest BCUT2D eigenvalue weighted by Gasteiger charge is -2.25. The van der Waals surface area contributed by atoms with Crippen LogP contribution >= 0.6 is 11.6 Å². The fourth-order valence-electron chi connectivity index (χ4n) is 1.49. The third-order valence-corrected chi connectivity index (χ3v) is 3.32. The average Bonchev–Trinajstić information content (AvgIpc) is 2.22. The van der Waals surface area contributed by atoms with Gasteiger partial charge in [0.2, 0.25) is 21.0 Å². The fraction of sp³-hybridized carbons (Fsp3) is 0.556. The van der Waals surface area contributed by atoms with Gasteiger partial charge in [0.1, 0.15) is 6.33 Å². The van der Waals surface area contributed by atoms with Gasteiger partial charge in [-0.1, -0.05) is 11.6 Å². The maximum absolute atomic E-state index is 11.2. The van der Waals surface area contributed by atoms with Crippen LogP contribution in [-0.2, 0) is 10.0 Å². The number of nitro groups is 1. The van der Waals surface area contributed by atoms with Gasteiger partial charge in [0.15, 0.2) is 0 Å². The monoisotopic (exact) mass is 323 g/mol. The molecule has 0 unspecified atom stereocenters. The van der Waals surface area contributed by atoms with Crippen molar-refractivity contribution < 1.29 is 13.3 Å². The first kappa shape index (κ1) is 16.5. The Morgan fingerprint density at radius 2 is 2.05 bits per heavy atom. The van der Waals surface area contributed by atoms with E-state index in [1.807, 2.05) is 0 Å². The van der Waals surface area contributed by atoms with Crippen molar-refractivity contribution in [2.45, 2.75) is 19.4 Å². The van der Waals surface area contributed by atoms with E-state index < -0.39 is 26.2 Å². The highest BCUT2D eigenvalue weighted by Crippen LogP contribution is 2.28. The molecule has 0 atom stereocenters. The van der Waals surface area contributed by atoms with Gasteiger partial charge in [0.25, 0.3) is 0 Å². The molecule has 0 aliphatic rings. The highest BCUT2D eigenvalue weighted by molar-refractivity contribution is 7.88. The zero-order valence-electron chi connectivity index (χ0n) is 11.0. The first-order valence-corrected chi connectivity index (χ1v) is 7.66. The Kier molecular flexibility index (Phi) is 4.84. The van der Waals surface area contributed by atoms with Gasteiger partial charge in [-0.2, -0.15) is 0 Å². The molecule has 0 spiro atoms. The second kappa shape index (κ2) is 5.85. The summed E-state index contributed by atoms with van der Waals surface area (Å²) in [5.74, 6) is -0.0709. The number of halogens is 1. The zero-order valence-corrected chi connectivity index (χ0v) is 12.6. The van der Waals surface area contributed by atoms with E-state index in [0.29, 0.717) is 0 Å². The molecule has 0 aliphatic heterocycles. The predicted octanol–water partition coefficient (Wildman–Crippen LogP) is 0.778. The Morgan fingerprint density at radius 1 is 1.45 bits per heavy atom. The third kappa shape index (κ3) is 4.87. The number of aromatic nitrogens is 2. The van der Waals surface area contributed by atoms with E-state index in [-0.39, 0.29) is 17.5 Å². The van der Waals surface area contributed by atoms with Crippen molar-refractivity contribution in [2.24, 2.45) is 0 Å². The molecule has 0 aromatic carbocycles. The normalized spacial score (nSPS) is 12.2. The molecule has 0 amide bonds. The lowest BCUT2D eigenvalue weighted by molar-refractivity contribution is -0.384. The maximum atomic E-state index is 11.2. The number of hydrogen-bond donors (Lipinski definition) is 2.